The van der Waals surface area contributed by atoms with E-state index in [1.54, 1.807) is 0 Å². The molecule has 0 aliphatic rings. The summed E-state index contributed by atoms with van der Waals surface area (Å²) in [5.74, 6) is 0.336. The van der Waals surface area contributed by atoms with Crippen LogP contribution in [0.5, 0.6) is 0 Å². The van der Waals surface area contributed by atoms with Crippen LogP contribution in [-0.4, -0.2) is 5.16 Å². The molecule has 0 fully saturated rings. The quantitative estimate of drug-likeness (QED) is 0.715. The van der Waals surface area contributed by atoms with Gasteiger partial charge in [0.2, 0.25) is 5.88 Å². The number of hydrogen-bond acceptors (Lipinski definition) is 3. The summed E-state index contributed by atoms with van der Waals surface area (Å²) < 4.78 is 6.21. The van der Waals surface area contributed by atoms with E-state index in [4.69, 9.17) is 10.3 Å². The largest absolute Gasteiger partial charge is 0.367 e. The van der Waals surface area contributed by atoms with E-state index in [0.29, 0.717) is 5.88 Å². The number of anilines is 1. The summed E-state index contributed by atoms with van der Waals surface area (Å²) in [6.45, 7) is 4.10. The van der Waals surface area contributed by atoms with E-state index in [2.05, 4.69) is 46.2 Å². The van der Waals surface area contributed by atoms with Crippen LogP contribution in [0, 0.1) is 13.8 Å². The van der Waals surface area contributed by atoms with Crippen LogP contribution < -0.4 is 5.73 Å². The summed E-state index contributed by atoms with van der Waals surface area (Å²) >= 11 is 3.59. The Labute approximate surface area is 131 Å². The van der Waals surface area contributed by atoms with Crippen molar-refractivity contribution in [2.45, 2.75) is 13.8 Å². The molecule has 0 amide bonds. The molecule has 106 valence electrons. The molecule has 3 aromatic rings. The normalized spacial score (nSPS) is 10.8. The van der Waals surface area contributed by atoms with Gasteiger partial charge in [0.25, 0.3) is 0 Å². The minimum atomic E-state index is 0.336. The van der Waals surface area contributed by atoms with Gasteiger partial charge in [-0.25, -0.2) is 0 Å². The molecule has 0 bridgehead atoms. The second kappa shape index (κ2) is 5.37. The van der Waals surface area contributed by atoms with Crippen molar-refractivity contribution in [3.63, 3.8) is 0 Å². The number of nitrogen functional groups attached to an aromatic ring is 1. The second-order valence-corrected chi connectivity index (χ2v) is 5.98. The van der Waals surface area contributed by atoms with E-state index >= 15 is 0 Å². The van der Waals surface area contributed by atoms with Gasteiger partial charge >= 0.3 is 0 Å². The van der Waals surface area contributed by atoms with Crippen LogP contribution in [0.2, 0.25) is 0 Å². The average molecular weight is 343 g/mol. The Hall–Kier alpha value is -2.07. The average Bonchev–Trinajstić information content (AvgIpc) is 2.80. The molecule has 0 radical (unpaired) electrons. The highest BCUT2D eigenvalue weighted by molar-refractivity contribution is 9.10. The molecule has 4 heteroatoms. The zero-order valence-corrected chi connectivity index (χ0v) is 13.4. The molecule has 0 spiro atoms. The van der Waals surface area contributed by atoms with Crippen LogP contribution in [0.15, 0.2) is 51.5 Å². The first-order valence-electron chi connectivity index (χ1n) is 6.65. The molecule has 0 aliphatic heterocycles. The van der Waals surface area contributed by atoms with Gasteiger partial charge in [0.15, 0.2) is 0 Å². The van der Waals surface area contributed by atoms with E-state index in [9.17, 15) is 0 Å². The predicted octanol–water partition coefficient (Wildman–Crippen LogP) is 4.97. The van der Waals surface area contributed by atoms with E-state index < -0.39 is 0 Å². The van der Waals surface area contributed by atoms with Crippen molar-refractivity contribution in [3.05, 3.63) is 58.1 Å². The Morgan fingerprint density at radius 3 is 2.52 bits per heavy atom. The van der Waals surface area contributed by atoms with Crippen molar-refractivity contribution < 1.29 is 4.52 Å². The maximum Gasteiger partial charge on any atom is 0.230 e. The second-order valence-electron chi connectivity index (χ2n) is 5.12. The predicted molar refractivity (Wildman–Crippen MR) is 89.0 cm³/mol. The number of nitrogens with two attached hydrogens (primary N) is 1. The van der Waals surface area contributed by atoms with Crippen molar-refractivity contribution >= 4 is 21.8 Å². The Bertz CT molecular complexity index is 808. The van der Waals surface area contributed by atoms with Gasteiger partial charge in [-0.15, -0.1) is 0 Å². The summed E-state index contributed by atoms with van der Waals surface area (Å²) in [5, 5.41) is 4.15. The first-order valence-corrected chi connectivity index (χ1v) is 7.44. The van der Waals surface area contributed by atoms with Crippen LogP contribution >= 0.6 is 15.9 Å². The van der Waals surface area contributed by atoms with Crippen LogP contribution in [0.1, 0.15) is 11.1 Å². The van der Waals surface area contributed by atoms with E-state index in [-0.39, 0.29) is 0 Å². The van der Waals surface area contributed by atoms with Crippen molar-refractivity contribution in [2.75, 3.05) is 5.73 Å². The fourth-order valence-corrected chi connectivity index (χ4v) is 3.06. The zero-order valence-electron chi connectivity index (χ0n) is 11.9. The Balaban J connectivity index is 2.22. The summed E-state index contributed by atoms with van der Waals surface area (Å²) in [6.07, 6.45) is 0. The molecule has 2 N–H and O–H groups in total. The van der Waals surface area contributed by atoms with Crippen molar-refractivity contribution in [3.8, 4) is 22.4 Å². The van der Waals surface area contributed by atoms with Crippen LogP contribution in [0.3, 0.4) is 0 Å². The standard InChI is InChI=1S/C17H15BrN2O/c1-10-4-3-5-12(8-10)15-16(20-21-17(15)19)13-7-6-11(2)9-14(13)18/h3-9H,19H2,1-2H3. The molecule has 21 heavy (non-hydrogen) atoms. The maximum atomic E-state index is 6.00. The molecule has 1 heterocycles. The fourth-order valence-electron chi connectivity index (χ4n) is 2.38. The molecule has 0 saturated carbocycles. The number of aromatic nitrogens is 1. The van der Waals surface area contributed by atoms with Gasteiger partial charge in [0, 0.05) is 10.0 Å². The lowest BCUT2D eigenvalue weighted by Crippen LogP contribution is -1.89. The first kappa shape index (κ1) is 13.9. The number of aryl methyl sites for hydroxylation is 2. The van der Waals surface area contributed by atoms with Gasteiger partial charge < -0.3 is 10.3 Å². The number of rotatable bonds is 2. The number of hydrogen-bond donors (Lipinski definition) is 1. The number of nitrogens with zero attached hydrogens (tertiary/aromatic N) is 1. The molecular formula is C17H15BrN2O. The Morgan fingerprint density at radius 2 is 1.81 bits per heavy atom. The molecule has 3 nitrogen and oxygen atoms in total. The SMILES string of the molecule is Cc1cccc(-c2c(-c3ccc(C)cc3Br)noc2N)c1. The molecule has 0 aliphatic carbocycles. The van der Waals surface area contributed by atoms with Crippen LogP contribution in [-0.2, 0) is 0 Å². The molecular weight excluding hydrogens is 328 g/mol. The summed E-state index contributed by atoms with van der Waals surface area (Å²) in [7, 11) is 0. The van der Waals surface area contributed by atoms with Gasteiger partial charge in [-0.1, -0.05) is 63.0 Å². The van der Waals surface area contributed by atoms with Crippen LogP contribution in [0.4, 0.5) is 5.88 Å². The highest BCUT2D eigenvalue weighted by Gasteiger charge is 2.19. The van der Waals surface area contributed by atoms with Crippen molar-refractivity contribution in [1.29, 1.82) is 0 Å². The van der Waals surface area contributed by atoms with E-state index in [1.165, 1.54) is 11.1 Å². The summed E-state index contributed by atoms with van der Waals surface area (Å²) in [6, 6.07) is 14.3. The highest BCUT2D eigenvalue weighted by Crippen LogP contribution is 2.39. The molecule has 0 atom stereocenters. The third-order valence-corrected chi connectivity index (χ3v) is 4.06. The Kier molecular flexibility index (Phi) is 3.55. The lowest BCUT2D eigenvalue weighted by molar-refractivity contribution is 0.439. The van der Waals surface area contributed by atoms with Crippen molar-refractivity contribution in [1.82, 2.24) is 5.16 Å². The number of halogens is 1. The smallest absolute Gasteiger partial charge is 0.230 e. The fraction of sp³-hybridized carbons (Fsp3) is 0.118. The van der Waals surface area contributed by atoms with Gasteiger partial charge in [-0.2, -0.15) is 0 Å². The molecule has 2 aromatic carbocycles. The Morgan fingerprint density at radius 1 is 1.05 bits per heavy atom. The monoisotopic (exact) mass is 342 g/mol. The third-order valence-electron chi connectivity index (χ3n) is 3.40. The zero-order chi connectivity index (χ0) is 15.0. The molecule has 3 rings (SSSR count). The van der Waals surface area contributed by atoms with E-state index in [1.807, 2.05) is 31.2 Å². The van der Waals surface area contributed by atoms with Gasteiger partial charge in [-0.3, -0.25) is 0 Å². The minimum absolute atomic E-state index is 0.336. The molecule has 0 saturated heterocycles. The molecule has 1 aromatic heterocycles. The van der Waals surface area contributed by atoms with Crippen molar-refractivity contribution in [2.24, 2.45) is 0 Å². The minimum Gasteiger partial charge on any atom is -0.367 e. The maximum absolute atomic E-state index is 6.00. The van der Waals surface area contributed by atoms with Gasteiger partial charge in [-0.05, 0) is 31.0 Å². The van der Waals surface area contributed by atoms with E-state index in [0.717, 1.165) is 26.9 Å². The molecule has 0 unspecified atom stereocenters. The van der Waals surface area contributed by atoms with Gasteiger partial charge in [0.1, 0.15) is 5.69 Å². The summed E-state index contributed by atoms with van der Waals surface area (Å²) in [5.41, 5.74) is 11.9. The summed E-state index contributed by atoms with van der Waals surface area (Å²) in [4.78, 5) is 0. The number of benzene rings is 2. The first-order chi connectivity index (χ1) is 10.1. The van der Waals surface area contributed by atoms with Gasteiger partial charge in [0.05, 0.1) is 5.56 Å². The lowest BCUT2D eigenvalue weighted by Gasteiger charge is -2.06. The third kappa shape index (κ3) is 2.59. The van der Waals surface area contributed by atoms with Crippen LogP contribution in [0.25, 0.3) is 22.4 Å². The highest BCUT2D eigenvalue weighted by atomic mass is 79.9. The topological polar surface area (TPSA) is 52.0 Å². The lowest BCUT2D eigenvalue weighted by atomic mass is 9.99.